The van der Waals surface area contributed by atoms with Crippen LogP contribution in [0.3, 0.4) is 0 Å². The molecule has 0 rings (SSSR count). The molecule has 0 aliphatic heterocycles. The molecule has 0 fully saturated rings. The Hall–Kier alpha value is -0.610. The fourth-order valence-corrected chi connectivity index (χ4v) is 1.35. The molecule has 0 bridgehead atoms. The number of carboxylic acids is 1. The molecule has 0 saturated heterocycles. The van der Waals surface area contributed by atoms with Crippen LogP contribution >= 0.6 is 0 Å². The van der Waals surface area contributed by atoms with Crippen LogP contribution in [0.2, 0.25) is 0 Å². The van der Waals surface area contributed by atoms with Crippen LogP contribution in [0.4, 0.5) is 0 Å². The third-order valence-electron chi connectivity index (χ3n) is 3.14. The number of hydrogen-bond donors (Lipinski definition) is 2. The predicted molar refractivity (Wildman–Crippen MR) is 71.3 cm³/mol. The Morgan fingerprint density at radius 3 is 2.41 bits per heavy atom. The van der Waals surface area contributed by atoms with Crippen molar-refractivity contribution in [3.63, 3.8) is 0 Å². The molecule has 102 valence electrons. The van der Waals surface area contributed by atoms with E-state index in [1.54, 1.807) is 13.8 Å². The molecule has 0 spiro atoms. The minimum absolute atomic E-state index is 0.530. The average molecular weight is 244 g/mol. The van der Waals surface area contributed by atoms with Crippen LogP contribution in [-0.2, 0) is 4.79 Å². The highest BCUT2D eigenvalue weighted by Crippen LogP contribution is 2.12. The lowest BCUT2D eigenvalue weighted by Crippen LogP contribution is -2.36. The number of carbonyl (C=O) groups is 1. The lowest BCUT2D eigenvalue weighted by Gasteiger charge is -2.21. The zero-order chi connectivity index (χ0) is 13.5. The summed E-state index contributed by atoms with van der Waals surface area (Å²) in [7, 11) is 2.13. The Labute approximate surface area is 105 Å². The second-order valence-electron chi connectivity index (χ2n) is 5.65. The van der Waals surface area contributed by atoms with Crippen molar-refractivity contribution in [1.29, 1.82) is 0 Å². The van der Waals surface area contributed by atoms with E-state index in [9.17, 15) is 4.79 Å². The Kier molecular flexibility index (Phi) is 7.39. The normalized spacial score (nSPS) is 12.4. The highest BCUT2D eigenvalue weighted by molar-refractivity contribution is 5.73. The summed E-state index contributed by atoms with van der Waals surface area (Å²) in [6, 6.07) is 0.592. The van der Waals surface area contributed by atoms with Gasteiger partial charge in [-0.3, -0.25) is 4.79 Å². The van der Waals surface area contributed by atoms with Gasteiger partial charge in [-0.1, -0.05) is 0 Å². The molecule has 0 saturated carbocycles. The van der Waals surface area contributed by atoms with Crippen molar-refractivity contribution in [2.24, 2.45) is 5.41 Å². The van der Waals surface area contributed by atoms with Crippen LogP contribution in [0.5, 0.6) is 0 Å². The van der Waals surface area contributed by atoms with Crippen LogP contribution < -0.4 is 5.32 Å². The van der Waals surface area contributed by atoms with Crippen LogP contribution in [0.15, 0.2) is 0 Å². The molecule has 0 atom stereocenters. The quantitative estimate of drug-likeness (QED) is 0.607. The molecular formula is C13H28N2O2. The molecule has 4 heteroatoms. The molecule has 0 aromatic rings. The number of aliphatic carboxylic acids is 1. The summed E-state index contributed by atoms with van der Waals surface area (Å²) in [5, 5.41) is 12.1. The first-order valence-electron chi connectivity index (χ1n) is 6.41. The van der Waals surface area contributed by atoms with Gasteiger partial charge in [0.2, 0.25) is 0 Å². The van der Waals surface area contributed by atoms with E-state index in [0.717, 1.165) is 25.9 Å². The standard InChI is InChI=1S/C13H28N2O2/c1-11(2)15(5)9-7-6-8-14-10-13(3,4)12(16)17/h11,14H,6-10H2,1-5H3,(H,16,17). The third kappa shape index (κ3) is 7.34. The van der Waals surface area contributed by atoms with Gasteiger partial charge in [-0.25, -0.2) is 0 Å². The van der Waals surface area contributed by atoms with E-state index in [2.05, 4.69) is 31.1 Å². The van der Waals surface area contributed by atoms with Crippen LogP contribution in [0, 0.1) is 5.41 Å². The molecule has 0 unspecified atom stereocenters. The maximum Gasteiger partial charge on any atom is 0.310 e. The molecule has 17 heavy (non-hydrogen) atoms. The second kappa shape index (κ2) is 7.67. The molecule has 0 aliphatic carbocycles. The summed E-state index contributed by atoms with van der Waals surface area (Å²) in [6.07, 6.45) is 2.24. The van der Waals surface area contributed by atoms with E-state index < -0.39 is 11.4 Å². The van der Waals surface area contributed by atoms with Crippen molar-refractivity contribution in [1.82, 2.24) is 10.2 Å². The number of carboxylic acid groups (broad SMARTS) is 1. The largest absolute Gasteiger partial charge is 0.481 e. The Morgan fingerprint density at radius 2 is 1.94 bits per heavy atom. The van der Waals surface area contributed by atoms with Gasteiger partial charge in [0, 0.05) is 12.6 Å². The number of nitrogens with zero attached hydrogens (tertiary/aromatic N) is 1. The summed E-state index contributed by atoms with van der Waals surface area (Å²) >= 11 is 0. The molecule has 0 radical (unpaired) electrons. The fraction of sp³-hybridized carbons (Fsp3) is 0.923. The van der Waals surface area contributed by atoms with Crippen molar-refractivity contribution in [2.45, 2.75) is 46.6 Å². The summed E-state index contributed by atoms with van der Waals surface area (Å²) < 4.78 is 0. The molecule has 0 aliphatic rings. The number of hydrogen-bond acceptors (Lipinski definition) is 3. The van der Waals surface area contributed by atoms with Gasteiger partial charge in [0.15, 0.2) is 0 Å². The third-order valence-corrected chi connectivity index (χ3v) is 3.14. The number of nitrogens with one attached hydrogen (secondary N) is 1. The van der Waals surface area contributed by atoms with Gasteiger partial charge in [0.25, 0.3) is 0 Å². The molecule has 4 nitrogen and oxygen atoms in total. The highest BCUT2D eigenvalue weighted by atomic mass is 16.4. The van der Waals surface area contributed by atoms with Crippen molar-refractivity contribution in [2.75, 3.05) is 26.7 Å². The van der Waals surface area contributed by atoms with E-state index in [1.807, 2.05) is 0 Å². The highest BCUT2D eigenvalue weighted by Gasteiger charge is 2.26. The zero-order valence-electron chi connectivity index (χ0n) is 11.9. The van der Waals surface area contributed by atoms with Gasteiger partial charge in [-0.2, -0.15) is 0 Å². The van der Waals surface area contributed by atoms with E-state index >= 15 is 0 Å². The first-order valence-corrected chi connectivity index (χ1v) is 6.41. The fourth-order valence-electron chi connectivity index (χ4n) is 1.35. The summed E-state index contributed by atoms with van der Waals surface area (Å²) in [4.78, 5) is 13.2. The van der Waals surface area contributed by atoms with Crippen molar-refractivity contribution in [3.8, 4) is 0 Å². The maximum atomic E-state index is 10.9. The van der Waals surface area contributed by atoms with Crippen LogP contribution in [-0.4, -0.2) is 48.7 Å². The minimum atomic E-state index is -0.746. The van der Waals surface area contributed by atoms with Crippen molar-refractivity contribution < 1.29 is 9.90 Å². The van der Waals surface area contributed by atoms with Crippen LogP contribution in [0.25, 0.3) is 0 Å². The van der Waals surface area contributed by atoms with E-state index in [4.69, 9.17) is 5.11 Å². The molecule has 0 amide bonds. The SMILES string of the molecule is CC(C)N(C)CCCCNCC(C)(C)C(=O)O. The first-order chi connectivity index (χ1) is 7.77. The van der Waals surface area contributed by atoms with E-state index in [1.165, 1.54) is 0 Å². The predicted octanol–water partition coefficient (Wildman–Crippen LogP) is 1.81. The molecule has 2 N–H and O–H groups in total. The van der Waals surface area contributed by atoms with Gasteiger partial charge in [-0.15, -0.1) is 0 Å². The first kappa shape index (κ1) is 16.4. The lowest BCUT2D eigenvalue weighted by molar-refractivity contribution is -0.146. The van der Waals surface area contributed by atoms with Gasteiger partial charge in [0.05, 0.1) is 5.41 Å². The topological polar surface area (TPSA) is 52.6 Å². The monoisotopic (exact) mass is 244 g/mol. The van der Waals surface area contributed by atoms with Gasteiger partial charge >= 0.3 is 5.97 Å². The van der Waals surface area contributed by atoms with Crippen molar-refractivity contribution in [3.05, 3.63) is 0 Å². The summed E-state index contributed by atoms with van der Waals surface area (Å²) in [5.41, 5.74) is -0.672. The Bertz CT molecular complexity index is 227. The summed E-state index contributed by atoms with van der Waals surface area (Å²) in [6.45, 7) is 10.4. The van der Waals surface area contributed by atoms with Gasteiger partial charge < -0.3 is 15.3 Å². The molecule has 0 aromatic carbocycles. The zero-order valence-corrected chi connectivity index (χ0v) is 11.9. The molecular weight excluding hydrogens is 216 g/mol. The molecule has 0 aromatic heterocycles. The number of unbranched alkanes of at least 4 members (excludes halogenated alkanes) is 1. The maximum absolute atomic E-state index is 10.9. The van der Waals surface area contributed by atoms with Gasteiger partial charge in [0.1, 0.15) is 0 Å². The second-order valence-corrected chi connectivity index (χ2v) is 5.65. The smallest absolute Gasteiger partial charge is 0.310 e. The average Bonchev–Trinajstić information content (AvgIpc) is 2.22. The van der Waals surface area contributed by atoms with Gasteiger partial charge in [-0.05, 0) is 60.7 Å². The molecule has 0 heterocycles. The van der Waals surface area contributed by atoms with E-state index in [-0.39, 0.29) is 0 Å². The van der Waals surface area contributed by atoms with Crippen molar-refractivity contribution >= 4 is 5.97 Å². The Morgan fingerprint density at radius 1 is 1.35 bits per heavy atom. The minimum Gasteiger partial charge on any atom is -0.481 e. The Balaban J connectivity index is 3.51. The van der Waals surface area contributed by atoms with Crippen LogP contribution in [0.1, 0.15) is 40.5 Å². The lowest BCUT2D eigenvalue weighted by atomic mass is 9.94. The summed E-state index contributed by atoms with van der Waals surface area (Å²) in [5.74, 6) is -0.746. The number of rotatable bonds is 9. The van der Waals surface area contributed by atoms with E-state index in [0.29, 0.717) is 12.6 Å².